The Morgan fingerprint density at radius 2 is 0.429 bits per heavy atom. The van der Waals surface area contributed by atoms with Gasteiger partial charge in [-0.3, -0.25) is 0 Å². The van der Waals surface area contributed by atoms with Gasteiger partial charge in [0.1, 0.15) is 0 Å². The first-order valence-electron chi connectivity index (χ1n) is 1.39. The molecule has 0 amide bonds. The molecule has 0 saturated heterocycles. The van der Waals surface area contributed by atoms with Crippen molar-refractivity contribution in [3.8, 4) is 0 Å². The molecule has 0 N–H and O–H groups in total. The van der Waals surface area contributed by atoms with Gasteiger partial charge in [0.05, 0.1) is 32.4 Å². The molecule has 0 spiro atoms. The minimum atomic E-state index is -2.85. The van der Waals surface area contributed by atoms with Crippen molar-refractivity contribution >= 4 is 0 Å². The van der Waals surface area contributed by atoms with Crippen LogP contribution in [0.4, 0.5) is 0 Å². The average Bonchev–Trinajstić information content (AvgIpc) is 1.54. The third-order valence-corrected chi connectivity index (χ3v) is 0. The van der Waals surface area contributed by atoms with Crippen molar-refractivity contribution in [1.82, 2.24) is 0 Å². The Kier molecular flexibility index (Phi) is 53.2. The van der Waals surface area contributed by atoms with Crippen LogP contribution in [0.2, 0.25) is 0 Å². The van der Waals surface area contributed by atoms with Gasteiger partial charge in [-0.15, -0.1) is 0 Å². The van der Waals surface area contributed by atoms with Crippen LogP contribution in [-0.2, 0) is 17.1 Å². The number of rotatable bonds is 0. The van der Waals surface area contributed by atoms with Crippen LogP contribution in [0.1, 0.15) is 0 Å². The minimum Gasteiger partial charge on any atom is -0.357 e. The molecule has 0 aromatic rings. The van der Waals surface area contributed by atoms with E-state index in [0.29, 0.717) is 0 Å². The van der Waals surface area contributed by atoms with Crippen LogP contribution in [0.15, 0.2) is 0 Å². The molecule has 0 bridgehead atoms. The molecule has 0 unspecified atom stereocenters. The monoisotopic (exact) mass is 344 g/mol. The van der Waals surface area contributed by atoms with E-state index < -0.39 is 32.4 Å². The summed E-state index contributed by atoms with van der Waals surface area (Å²) < 4.78 is 75.7. The Balaban J connectivity index is -0.0000000270. The molecular formula is Cl3FeKO9. The fourth-order valence-electron chi connectivity index (χ4n) is 0. The normalized spacial score (nSPS) is 7.71. The molecule has 0 radical (unpaired) electrons. The Morgan fingerprint density at radius 3 is 0.429 bits per heavy atom. The largest absolute Gasteiger partial charge is 2.00 e. The van der Waals surface area contributed by atoms with Crippen LogP contribution in [0, 0.1) is 32.4 Å². The summed E-state index contributed by atoms with van der Waals surface area (Å²) in [6, 6.07) is 0. The maximum Gasteiger partial charge on any atom is 2.00 e. The second kappa shape index (κ2) is 24.8. The molecule has 0 saturated carbocycles. The van der Waals surface area contributed by atoms with Crippen LogP contribution in [-0.4, -0.2) is 0 Å². The molecule has 0 rings (SSSR count). The topological polar surface area (TPSA) is 208 Å². The van der Waals surface area contributed by atoms with Gasteiger partial charge in [-0.25, -0.2) is 0 Å². The first kappa shape index (κ1) is 30.1. The quantitative estimate of drug-likeness (QED) is 0.381. The van der Waals surface area contributed by atoms with Crippen LogP contribution in [0.5, 0.6) is 0 Å². The maximum absolute atomic E-state index is 8.41. The Morgan fingerprint density at radius 1 is 0.429 bits per heavy atom. The summed E-state index contributed by atoms with van der Waals surface area (Å²) in [5, 5.41) is 0. The third kappa shape index (κ3) is 385. The molecular weight excluding hydrogens is 345 g/mol. The summed E-state index contributed by atoms with van der Waals surface area (Å²) in [5.41, 5.74) is 0. The van der Waals surface area contributed by atoms with Crippen molar-refractivity contribution in [2.75, 3.05) is 0 Å². The predicted octanol–water partition coefficient (Wildman–Crippen LogP) is -13.7. The van der Waals surface area contributed by atoms with E-state index in [1.165, 1.54) is 0 Å². The van der Waals surface area contributed by atoms with Crippen LogP contribution in [0.3, 0.4) is 0 Å². The fourth-order valence-corrected chi connectivity index (χ4v) is 0. The zero-order valence-electron chi connectivity index (χ0n) is 6.16. The molecule has 9 nitrogen and oxygen atoms in total. The van der Waals surface area contributed by atoms with E-state index in [1.54, 1.807) is 0 Å². The number of halogens is 3. The van der Waals surface area contributed by atoms with Crippen LogP contribution >= 0.6 is 0 Å². The summed E-state index contributed by atoms with van der Waals surface area (Å²) in [6.45, 7) is 0. The van der Waals surface area contributed by atoms with Gasteiger partial charge in [0.15, 0.2) is 0 Å². The van der Waals surface area contributed by atoms with Gasteiger partial charge in [0, 0.05) is 0 Å². The second-order valence-electron chi connectivity index (χ2n) is 0.567. The molecule has 0 aliphatic carbocycles. The predicted molar refractivity (Wildman–Crippen MR) is 0 cm³/mol. The van der Waals surface area contributed by atoms with E-state index in [9.17, 15) is 0 Å². The van der Waals surface area contributed by atoms with Gasteiger partial charge >= 0.3 is 68.5 Å². The van der Waals surface area contributed by atoms with Crippen molar-refractivity contribution in [3.63, 3.8) is 0 Å². The average molecular weight is 345 g/mol. The first-order chi connectivity index (χ1) is 5.20. The molecule has 0 atom stereocenters. The summed E-state index contributed by atoms with van der Waals surface area (Å²) in [5.74, 6) is 0. The summed E-state index contributed by atoms with van der Waals surface area (Å²) in [6.07, 6.45) is 0. The zero-order chi connectivity index (χ0) is 10.7. The molecule has 0 fully saturated rings. The van der Waals surface area contributed by atoms with Gasteiger partial charge in [-0.1, -0.05) is 0 Å². The smallest absolute Gasteiger partial charge is 0.357 e. The molecule has 0 heterocycles. The third-order valence-electron chi connectivity index (χ3n) is 0. The first-order valence-corrected chi connectivity index (χ1v) is 4.17. The molecule has 14 heavy (non-hydrogen) atoms. The van der Waals surface area contributed by atoms with Crippen molar-refractivity contribution in [2.24, 2.45) is 0 Å². The van der Waals surface area contributed by atoms with Crippen molar-refractivity contribution in [1.29, 1.82) is 0 Å². The Bertz CT molecular complexity index is 48.5. The van der Waals surface area contributed by atoms with Gasteiger partial charge in [-0.05, 0) is 0 Å². The molecule has 0 aromatic carbocycles. The van der Waals surface area contributed by atoms with Gasteiger partial charge < -0.3 is 41.9 Å². The minimum absolute atomic E-state index is 0. The summed E-state index contributed by atoms with van der Waals surface area (Å²) in [7, 11) is -8.56. The molecule has 0 aromatic heterocycles. The molecule has 84 valence electrons. The molecule has 0 aliphatic heterocycles. The van der Waals surface area contributed by atoms with Gasteiger partial charge in [0.2, 0.25) is 0 Å². The SMILES string of the molecule is [Fe+2].[K+].[O-][Cl+2]([O-])[O-].[O-][Cl+2]([O-])[O-].[O-][Cl+2]([O-])[O-]. The van der Waals surface area contributed by atoms with E-state index in [4.69, 9.17) is 41.9 Å². The van der Waals surface area contributed by atoms with E-state index in [2.05, 4.69) is 0 Å². The van der Waals surface area contributed by atoms with E-state index in [1.807, 2.05) is 0 Å². The molecule has 0 aliphatic rings. The van der Waals surface area contributed by atoms with Crippen molar-refractivity contribution in [2.45, 2.75) is 0 Å². The fraction of sp³-hybridized carbons (Fsp3) is 0. The van der Waals surface area contributed by atoms with Crippen LogP contribution < -0.4 is 93.3 Å². The standard InChI is InChI=1S/3ClO3.Fe.K/c3*2-1(3)4;;/q3*-1;+2;+1. The summed E-state index contributed by atoms with van der Waals surface area (Å²) in [4.78, 5) is 0. The van der Waals surface area contributed by atoms with Crippen LogP contribution in [0.25, 0.3) is 0 Å². The van der Waals surface area contributed by atoms with E-state index in [0.717, 1.165) is 0 Å². The number of hydrogen-bond donors (Lipinski definition) is 0. The second-order valence-corrected chi connectivity index (χ2v) is 1.70. The van der Waals surface area contributed by atoms with Gasteiger partial charge in [0.25, 0.3) is 0 Å². The number of hydrogen-bond acceptors (Lipinski definition) is 9. The van der Waals surface area contributed by atoms with E-state index in [-0.39, 0.29) is 68.5 Å². The van der Waals surface area contributed by atoms with E-state index >= 15 is 0 Å². The Hall–Kier alpha value is 2.67. The Labute approximate surface area is 140 Å². The van der Waals surface area contributed by atoms with Crippen molar-refractivity contribution in [3.05, 3.63) is 0 Å². The maximum atomic E-state index is 8.41. The van der Waals surface area contributed by atoms with Crippen molar-refractivity contribution < 1.29 is 143 Å². The van der Waals surface area contributed by atoms with Gasteiger partial charge in [-0.2, -0.15) is 0 Å². The zero-order valence-corrected chi connectivity index (χ0v) is 12.7. The summed E-state index contributed by atoms with van der Waals surface area (Å²) >= 11 is 0. The molecule has 14 heteroatoms.